The third-order valence-corrected chi connectivity index (χ3v) is 3.91. The smallest absolute Gasteiger partial charge is 0.224 e. The topological polar surface area (TPSA) is 84.1 Å². The normalized spacial score (nSPS) is 17.9. The summed E-state index contributed by atoms with van der Waals surface area (Å²) in [6.45, 7) is 2.66. The van der Waals surface area contributed by atoms with Crippen LogP contribution in [0.1, 0.15) is 31.4 Å². The molecule has 5 nitrogen and oxygen atoms in total. The Kier molecular flexibility index (Phi) is 3.92. The first-order valence-electron chi connectivity index (χ1n) is 6.21. The molecule has 0 aromatic carbocycles. The molecule has 1 aromatic rings. The second kappa shape index (κ2) is 5.28. The highest BCUT2D eigenvalue weighted by Crippen LogP contribution is 2.38. The molecule has 1 heterocycles. The Morgan fingerprint density at radius 3 is 2.67 bits per heavy atom. The molecule has 18 heavy (non-hydrogen) atoms. The van der Waals surface area contributed by atoms with Crippen molar-refractivity contribution in [3.63, 3.8) is 0 Å². The van der Waals surface area contributed by atoms with E-state index in [1.807, 2.05) is 0 Å². The minimum absolute atomic E-state index is 0.0439. The van der Waals surface area contributed by atoms with Crippen LogP contribution in [0.15, 0.2) is 0 Å². The van der Waals surface area contributed by atoms with E-state index >= 15 is 0 Å². The molecule has 0 amide bonds. The quantitative estimate of drug-likeness (QED) is 0.729. The molecule has 1 aromatic heterocycles. The molecule has 1 aliphatic carbocycles. The van der Waals surface area contributed by atoms with Gasteiger partial charge in [-0.15, -0.1) is 0 Å². The maximum atomic E-state index is 9.54. The highest BCUT2D eigenvalue weighted by molar-refractivity contribution is 6.28. The fraction of sp³-hybridized carbons (Fsp3) is 0.667. The molecular weight excluding hydrogens is 252 g/mol. The van der Waals surface area contributed by atoms with Crippen molar-refractivity contribution in [2.75, 3.05) is 24.2 Å². The maximum absolute atomic E-state index is 9.54. The number of nitrogens with two attached hydrogens (primary N) is 1. The number of anilines is 2. The number of halogens is 1. The Labute approximate surface area is 112 Å². The molecule has 0 radical (unpaired) electrons. The van der Waals surface area contributed by atoms with E-state index in [-0.39, 0.29) is 17.3 Å². The van der Waals surface area contributed by atoms with Gasteiger partial charge in [-0.05, 0) is 31.4 Å². The van der Waals surface area contributed by atoms with Gasteiger partial charge in [-0.25, -0.2) is 4.98 Å². The minimum Gasteiger partial charge on any atom is -0.396 e. The van der Waals surface area contributed by atoms with Gasteiger partial charge in [-0.3, -0.25) is 0 Å². The first-order chi connectivity index (χ1) is 8.56. The lowest BCUT2D eigenvalue weighted by Crippen LogP contribution is -2.31. The van der Waals surface area contributed by atoms with E-state index in [9.17, 15) is 5.11 Å². The molecule has 0 bridgehead atoms. The summed E-state index contributed by atoms with van der Waals surface area (Å²) in [5.41, 5.74) is 7.06. The monoisotopic (exact) mass is 270 g/mol. The number of nitrogen functional groups attached to an aromatic ring is 1. The number of aromatic nitrogens is 2. The van der Waals surface area contributed by atoms with E-state index in [0.29, 0.717) is 23.7 Å². The van der Waals surface area contributed by atoms with Crippen molar-refractivity contribution >= 4 is 23.1 Å². The van der Waals surface area contributed by atoms with Crippen LogP contribution in [0.4, 0.5) is 11.5 Å². The zero-order valence-electron chi connectivity index (χ0n) is 10.5. The lowest BCUT2D eigenvalue weighted by atomic mass is 9.87. The molecule has 0 atom stereocenters. The predicted molar refractivity (Wildman–Crippen MR) is 72.7 cm³/mol. The lowest BCUT2D eigenvalue weighted by Gasteiger charge is -2.27. The molecule has 2 rings (SSSR count). The van der Waals surface area contributed by atoms with Crippen molar-refractivity contribution in [1.82, 2.24) is 9.97 Å². The zero-order valence-corrected chi connectivity index (χ0v) is 11.3. The molecule has 0 spiro atoms. The maximum Gasteiger partial charge on any atom is 0.224 e. The van der Waals surface area contributed by atoms with Crippen molar-refractivity contribution < 1.29 is 5.11 Å². The summed E-state index contributed by atoms with van der Waals surface area (Å²) in [6, 6.07) is 0. The van der Waals surface area contributed by atoms with Crippen LogP contribution in [0, 0.1) is 12.3 Å². The summed E-state index contributed by atoms with van der Waals surface area (Å²) in [7, 11) is 0. The molecule has 0 saturated heterocycles. The Morgan fingerprint density at radius 1 is 1.39 bits per heavy atom. The molecule has 6 heteroatoms. The first-order valence-corrected chi connectivity index (χ1v) is 6.58. The second-order valence-corrected chi connectivity index (χ2v) is 5.40. The SMILES string of the molecule is Cc1nc(Cl)nc(NCC2(CO)CCCC2)c1N. The Hall–Kier alpha value is -1.07. The summed E-state index contributed by atoms with van der Waals surface area (Å²) in [5, 5.41) is 12.9. The van der Waals surface area contributed by atoms with Crippen LogP contribution in [0.25, 0.3) is 0 Å². The molecule has 100 valence electrons. The fourth-order valence-electron chi connectivity index (χ4n) is 2.47. The Balaban J connectivity index is 2.10. The number of aryl methyl sites for hydroxylation is 1. The van der Waals surface area contributed by atoms with Crippen molar-refractivity contribution in [3.8, 4) is 0 Å². The van der Waals surface area contributed by atoms with Crippen LogP contribution in [0.2, 0.25) is 5.28 Å². The van der Waals surface area contributed by atoms with Crippen LogP contribution in [-0.4, -0.2) is 28.2 Å². The lowest BCUT2D eigenvalue weighted by molar-refractivity contribution is 0.142. The van der Waals surface area contributed by atoms with E-state index in [0.717, 1.165) is 12.8 Å². The number of hydrogen-bond acceptors (Lipinski definition) is 5. The van der Waals surface area contributed by atoms with E-state index in [1.54, 1.807) is 6.92 Å². The average molecular weight is 271 g/mol. The third kappa shape index (κ3) is 2.67. The van der Waals surface area contributed by atoms with E-state index in [2.05, 4.69) is 15.3 Å². The first kappa shape index (κ1) is 13.4. The van der Waals surface area contributed by atoms with Gasteiger partial charge >= 0.3 is 0 Å². The van der Waals surface area contributed by atoms with E-state index in [1.165, 1.54) is 12.8 Å². The molecule has 0 aliphatic heterocycles. The summed E-state index contributed by atoms with van der Waals surface area (Å²) in [4.78, 5) is 8.09. The molecule has 1 saturated carbocycles. The highest BCUT2D eigenvalue weighted by Gasteiger charge is 2.33. The van der Waals surface area contributed by atoms with E-state index in [4.69, 9.17) is 17.3 Å². The van der Waals surface area contributed by atoms with Gasteiger partial charge in [-0.2, -0.15) is 4.98 Å². The van der Waals surface area contributed by atoms with Crippen LogP contribution in [-0.2, 0) is 0 Å². The van der Waals surface area contributed by atoms with Gasteiger partial charge in [-0.1, -0.05) is 12.8 Å². The van der Waals surface area contributed by atoms with Crippen molar-refractivity contribution in [2.24, 2.45) is 5.41 Å². The van der Waals surface area contributed by atoms with Gasteiger partial charge < -0.3 is 16.2 Å². The van der Waals surface area contributed by atoms with Gasteiger partial charge in [0.05, 0.1) is 18.0 Å². The van der Waals surface area contributed by atoms with Gasteiger partial charge in [0, 0.05) is 12.0 Å². The second-order valence-electron chi connectivity index (χ2n) is 5.06. The van der Waals surface area contributed by atoms with Crippen LogP contribution < -0.4 is 11.1 Å². The number of nitrogens with zero attached hydrogens (tertiary/aromatic N) is 2. The number of rotatable bonds is 4. The number of aliphatic hydroxyl groups excluding tert-OH is 1. The summed E-state index contributed by atoms with van der Waals surface area (Å²) in [6.07, 6.45) is 4.41. The van der Waals surface area contributed by atoms with Gasteiger partial charge in [0.15, 0.2) is 5.82 Å². The number of hydrogen-bond donors (Lipinski definition) is 3. The zero-order chi connectivity index (χ0) is 13.2. The minimum atomic E-state index is -0.0439. The third-order valence-electron chi connectivity index (χ3n) is 3.74. The summed E-state index contributed by atoms with van der Waals surface area (Å²) in [5.74, 6) is 0.562. The average Bonchev–Trinajstić information content (AvgIpc) is 2.81. The van der Waals surface area contributed by atoms with Crippen LogP contribution >= 0.6 is 11.6 Å². The highest BCUT2D eigenvalue weighted by atomic mass is 35.5. The van der Waals surface area contributed by atoms with Gasteiger partial charge in [0.25, 0.3) is 0 Å². The number of aliphatic hydroxyl groups is 1. The van der Waals surface area contributed by atoms with Crippen LogP contribution in [0.5, 0.6) is 0 Å². The summed E-state index contributed by atoms with van der Waals surface area (Å²) < 4.78 is 0. The molecule has 0 unspecified atom stereocenters. The Morgan fingerprint density at radius 2 is 2.06 bits per heavy atom. The van der Waals surface area contributed by atoms with Gasteiger partial charge in [0.2, 0.25) is 5.28 Å². The number of nitrogens with one attached hydrogen (secondary N) is 1. The van der Waals surface area contributed by atoms with Crippen LogP contribution in [0.3, 0.4) is 0 Å². The standard InChI is InChI=1S/C12H19ClN4O/c1-8-9(14)10(17-11(13)16-8)15-6-12(7-18)4-2-3-5-12/h18H,2-7,14H2,1H3,(H,15,16,17). The fourth-order valence-corrected chi connectivity index (χ4v) is 2.68. The molecular formula is C12H19ClN4O. The van der Waals surface area contributed by atoms with Crippen molar-refractivity contribution in [1.29, 1.82) is 0 Å². The molecule has 4 N–H and O–H groups in total. The summed E-state index contributed by atoms with van der Waals surface area (Å²) >= 11 is 5.82. The Bertz CT molecular complexity index is 432. The molecule has 1 fully saturated rings. The molecule has 1 aliphatic rings. The predicted octanol–water partition coefficient (Wildman–Crippen LogP) is 1.99. The van der Waals surface area contributed by atoms with Gasteiger partial charge in [0.1, 0.15) is 0 Å². The largest absolute Gasteiger partial charge is 0.396 e. The van der Waals surface area contributed by atoms with Crippen molar-refractivity contribution in [2.45, 2.75) is 32.6 Å². The van der Waals surface area contributed by atoms with E-state index < -0.39 is 0 Å². The van der Waals surface area contributed by atoms with Crippen molar-refractivity contribution in [3.05, 3.63) is 11.0 Å².